The van der Waals surface area contributed by atoms with Gasteiger partial charge in [0.05, 0.1) is 0 Å². The SMILES string of the molecule is CCC(C)[Si](Cl)(C(C)CC)C(C)(C)CC. The Bertz CT molecular complexity index is 179. The fraction of sp³-hybridized carbons (Fsp3) is 1.00. The van der Waals surface area contributed by atoms with Gasteiger partial charge in [0.2, 0.25) is 0 Å². The van der Waals surface area contributed by atoms with E-state index >= 15 is 0 Å². The molecule has 15 heavy (non-hydrogen) atoms. The second kappa shape index (κ2) is 5.72. The van der Waals surface area contributed by atoms with Crippen molar-refractivity contribution in [2.45, 2.75) is 83.8 Å². The first-order valence-electron chi connectivity index (χ1n) is 6.46. The van der Waals surface area contributed by atoms with Gasteiger partial charge in [-0.1, -0.05) is 67.7 Å². The molecule has 2 atom stereocenters. The zero-order valence-corrected chi connectivity index (χ0v) is 13.4. The maximum absolute atomic E-state index is 7.17. The Kier molecular flexibility index (Phi) is 5.92. The first-order valence-corrected chi connectivity index (χ1v) is 9.63. The second-order valence-electron chi connectivity index (χ2n) is 5.62. The molecule has 0 radical (unpaired) electrons. The van der Waals surface area contributed by atoms with Gasteiger partial charge in [0.25, 0.3) is 0 Å². The first-order chi connectivity index (χ1) is 6.77. The van der Waals surface area contributed by atoms with Gasteiger partial charge in [-0.25, -0.2) is 0 Å². The Labute approximate surface area is 103 Å². The Balaban J connectivity index is 5.19. The van der Waals surface area contributed by atoms with E-state index < -0.39 is 7.38 Å². The highest BCUT2D eigenvalue weighted by Crippen LogP contribution is 2.56. The van der Waals surface area contributed by atoms with E-state index in [0.29, 0.717) is 16.1 Å². The monoisotopic (exact) mass is 248 g/mol. The van der Waals surface area contributed by atoms with Crippen molar-refractivity contribution in [3.05, 3.63) is 0 Å². The molecule has 2 heteroatoms. The molecular weight excluding hydrogens is 220 g/mol. The summed E-state index contributed by atoms with van der Waals surface area (Å²) in [5.41, 5.74) is 1.42. The molecule has 0 nitrogen and oxygen atoms in total. The largest absolute Gasteiger partial charge is 0.167 e. The van der Waals surface area contributed by atoms with Crippen molar-refractivity contribution in [1.82, 2.24) is 0 Å². The molecule has 0 saturated carbocycles. The van der Waals surface area contributed by atoms with Crippen LogP contribution < -0.4 is 0 Å². The Morgan fingerprint density at radius 3 is 1.53 bits per heavy atom. The normalized spacial score (nSPS) is 20.8. The van der Waals surface area contributed by atoms with E-state index in [2.05, 4.69) is 48.5 Å². The van der Waals surface area contributed by atoms with Gasteiger partial charge < -0.3 is 0 Å². The van der Waals surface area contributed by atoms with Crippen LogP contribution in [0, 0.1) is 0 Å². The maximum Gasteiger partial charge on any atom is 0.167 e. The molecule has 0 heterocycles. The van der Waals surface area contributed by atoms with Crippen LogP contribution in [-0.2, 0) is 0 Å². The molecule has 0 bridgehead atoms. The molecule has 0 aromatic heterocycles. The lowest BCUT2D eigenvalue weighted by atomic mass is 10.1. The summed E-state index contributed by atoms with van der Waals surface area (Å²) in [6.45, 7) is 16.3. The van der Waals surface area contributed by atoms with Crippen LogP contribution in [-0.4, -0.2) is 7.38 Å². The molecule has 0 N–H and O–H groups in total. The van der Waals surface area contributed by atoms with Crippen molar-refractivity contribution < 1.29 is 0 Å². The van der Waals surface area contributed by atoms with Crippen LogP contribution in [0.15, 0.2) is 0 Å². The summed E-state index contributed by atoms with van der Waals surface area (Å²) in [5, 5.41) is 0.347. The summed E-state index contributed by atoms with van der Waals surface area (Å²) in [6, 6.07) is 0. The Morgan fingerprint density at radius 1 is 1.00 bits per heavy atom. The van der Waals surface area contributed by atoms with Crippen molar-refractivity contribution in [2.24, 2.45) is 0 Å². The van der Waals surface area contributed by atoms with E-state index in [9.17, 15) is 0 Å². The highest BCUT2D eigenvalue weighted by atomic mass is 35.6. The average Bonchev–Trinajstić information content (AvgIpc) is 2.25. The highest BCUT2D eigenvalue weighted by Gasteiger charge is 2.51. The lowest BCUT2D eigenvalue weighted by molar-refractivity contribution is 0.578. The summed E-state index contributed by atoms with van der Waals surface area (Å²) in [5.74, 6) is 0. The third kappa shape index (κ3) is 2.79. The minimum absolute atomic E-state index is 0.347. The molecular formula is C13H29ClSi. The van der Waals surface area contributed by atoms with Crippen molar-refractivity contribution in [1.29, 1.82) is 0 Å². The fourth-order valence-electron chi connectivity index (χ4n) is 2.68. The van der Waals surface area contributed by atoms with Gasteiger partial charge in [-0.05, 0) is 16.1 Å². The highest BCUT2D eigenvalue weighted by molar-refractivity contribution is 7.23. The molecule has 0 rings (SSSR count). The van der Waals surface area contributed by atoms with E-state index in [1.165, 1.54) is 19.3 Å². The smallest absolute Gasteiger partial charge is 0.166 e. The third-order valence-electron chi connectivity index (χ3n) is 4.58. The van der Waals surface area contributed by atoms with E-state index in [-0.39, 0.29) is 0 Å². The summed E-state index contributed by atoms with van der Waals surface area (Å²) in [4.78, 5) is 0. The average molecular weight is 249 g/mol. The van der Waals surface area contributed by atoms with Crippen molar-refractivity contribution in [3.8, 4) is 0 Å². The van der Waals surface area contributed by atoms with Gasteiger partial charge in [-0.15, -0.1) is 0 Å². The second-order valence-corrected chi connectivity index (χ2v) is 12.4. The van der Waals surface area contributed by atoms with Gasteiger partial charge in [-0.3, -0.25) is 0 Å². The van der Waals surface area contributed by atoms with Gasteiger partial charge in [0.1, 0.15) is 0 Å². The fourth-order valence-corrected chi connectivity index (χ4v) is 9.38. The summed E-state index contributed by atoms with van der Waals surface area (Å²) in [7, 11) is -1.71. The van der Waals surface area contributed by atoms with Crippen molar-refractivity contribution in [3.63, 3.8) is 0 Å². The van der Waals surface area contributed by atoms with Crippen LogP contribution in [0.3, 0.4) is 0 Å². The van der Waals surface area contributed by atoms with Gasteiger partial charge in [0.15, 0.2) is 7.38 Å². The van der Waals surface area contributed by atoms with Crippen LogP contribution in [0.4, 0.5) is 0 Å². The molecule has 92 valence electrons. The molecule has 0 aliphatic carbocycles. The zero-order chi connectivity index (χ0) is 12.3. The number of halogens is 1. The van der Waals surface area contributed by atoms with Gasteiger partial charge in [0, 0.05) is 0 Å². The molecule has 0 fully saturated rings. The van der Waals surface area contributed by atoms with Gasteiger partial charge in [-0.2, -0.15) is 11.1 Å². The molecule has 0 aromatic rings. The minimum atomic E-state index is -1.71. The van der Waals surface area contributed by atoms with Crippen LogP contribution in [0.5, 0.6) is 0 Å². The molecule has 2 unspecified atom stereocenters. The third-order valence-corrected chi connectivity index (χ3v) is 14.5. The van der Waals surface area contributed by atoms with E-state index in [4.69, 9.17) is 11.1 Å². The molecule has 0 spiro atoms. The van der Waals surface area contributed by atoms with Crippen LogP contribution in [0.25, 0.3) is 0 Å². The lowest BCUT2D eigenvalue weighted by Gasteiger charge is -2.47. The van der Waals surface area contributed by atoms with Crippen molar-refractivity contribution >= 4 is 18.5 Å². The standard InChI is InChI=1S/C13H29ClSi/c1-8-11(4)15(14,12(5)9-2)13(6,7)10-3/h11-12H,8-10H2,1-7H3. The maximum atomic E-state index is 7.17. The zero-order valence-electron chi connectivity index (χ0n) is 11.7. The number of rotatable bonds is 6. The predicted molar refractivity (Wildman–Crippen MR) is 75.4 cm³/mol. The Hall–Kier alpha value is 0.507. The summed E-state index contributed by atoms with van der Waals surface area (Å²) in [6.07, 6.45) is 3.66. The first kappa shape index (κ1) is 15.5. The molecule has 0 aliphatic rings. The van der Waals surface area contributed by atoms with Gasteiger partial charge >= 0.3 is 0 Å². The molecule has 0 saturated heterocycles. The van der Waals surface area contributed by atoms with Crippen LogP contribution in [0.2, 0.25) is 16.1 Å². The molecule has 0 aromatic carbocycles. The van der Waals surface area contributed by atoms with Crippen LogP contribution in [0.1, 0.15) is 67.7 Å². The van der Waals surface area contributed by atoms with E-state index in [1.54, 1.807) is 0 Å². The number of hydrogen-bond donors (Lipinski definition) is 0. The van der Waals surface area contributed by atoms with Crippen LogP contribution >= 0.6 is 11.1 Å². The summed E-state index contributed by atoms with van der Waals surface area (Å²) >= 11 is 7.17. The summed E-state index contributed by atoms with van der Waals surface area (Å²) < 4.78 is 0. The lowest BCUT2D eigenvalue weighted by Crippen LogP contribution is -2.46. The van der Waals surface area contributed by atoms with Crippen molar-refractivity contribution in [2.75, 3.05) is 0 Å². The van der Waals surface area contributed by atoms with E-state index in [0.717, 1.165) is 0 Å². The predicted octanol–water partition coefficient (Wildman–Crippen LogP) is 5.96. The molecule has 0 aliphatic heterocycles. The Morgan fingerprint density at radius 2 is 1.33 bits per heavy atom. The van der Waals surface area contributed by atoms with E-state index in [1.807, 2.05) is 0 Å². The quantitative estimate of drug-likeness (QED) is 0.402. The number of hydrogen-bond acceptors (Lipinski definition) is 0. The minimum Gasteiger partial charge on any atom is -0.166 e. The molecule has 0 amide bonds. The topological polar surface area (TPSA) is 0 Å².